The van der Waals surface area contributed by atoms with E-state index in [9.17, 15) is 14.4 Å². The number of hydrogen-bond acceptors (Lipinski definition) is 7. The van der Waals surface area contributed by atoms with Gasteiger partial charge in [0.25, 0.3) is 5.91 Å². The highest BCUT2D eigenvalue weighted by atomic mass is 16.5. The largest absolute Gasteiger partial charge is 0.493 e. The monoisotopic (exact) mass is 378 g/mol. The zero-order chi connectivity index (χ0) is 20.2. The fourth-order valence-corrected chi connectivity index (χ4v) is 1.92. The number of urea groups is 1. The topological polar surface area (TPSA) is 112 Å². The van der Waals surface area contributed by atoms with Gasteiger partial charge in [0.15, 0.2) is 18.1 Å². The first-order chi connectivity index (χ1) is 12.9. The average Bonchev–Trinajstić information content (AvgIpc) is 2.67. The highest BCUT2D eigenvalue weighted by Crippen LogP contribution is 2.38. The van der Waals surface area contributed by atoms with Gasteiger partial charge in [0.1, 0.15) is 0 Å². The van der Waals surface area contributed by atoms with Crippen LogP contribution >= 0.6 is 0 Å². The molecule has 0 bridgehead atoms. The second-order valence-corrected chi connectivity index (χ2v) is 4.95. The summed E-state index contributed by atoms with van der Waals surface area (Å²) in [6.07, 6.45) is 4.05. The Kier molecular flexibility index (Phi) is 8.93. The van der Waals surface area contributed by atoms with Gasteiger partial charge in [0, 0.05) is 12.6 Å². The van der Waals surface area contributed by atoms with Gasteiger partial charge in [-0.2, -0.15) is 0 Å². The Morgan fingerprint density at radius 3 is 2.22 bits per heavy atom. The van der Waals surface area contributed by atoms with E-state index in [-0.39, 0.29) is 6.54 Å². The fourth-order valence-electron chi connectivity index (χ4n) is 1.92. The van der Waals surface area contributed by atoms with Crippen LogP contribution in [0.4, 0.5) is 4.79 Å². The van der Waals surface area contributed by atoms with Crippen LogP contribution in [-0.2, 0) is 14.3 Å². The minimum absolute atomic E-state index is 0.205. The molecule has 146 valence electrons. The number of hydrogen-bond donors (Lipinski definition) is 2. The molecular weight excluding hydrogens is 356 g/mol. The normalized spacial score (nSPS) is 10.0. The summed E-state index contributed by atoms with van der Waals surface area (Å²) in [4.78, 5) is 34.5. The molecule has 1 aromatic rings. The van der Waals surface area contributed by atoms with Crippen LogP contribution in [0.3, 0.4) is 0 Å². The SMILES string of the molecule is C=CCNC(=O)NC(=O)COC(=O)/C=C/c1cc(OC)c(OC)c(OC)c1. The van der Waals surface area contributed by atoms with E-state index in [1.165, 1.54) is 33.5 Å². The molecule has 0 heterocycles. The average molecular weight is 378 g/mol. The molecule has 0 unspecified atom stereocenters. The number of amides is 3. The minimum atomic E-state index is -0.759. The van der Waals surface area contributed by atoms with Crippen LogP contribution in [0.5, 0.6) is 17.2 Å². The molecule has 9 nitrogen and oxygen atoms in total. The zero-order valence-electron chi connectivity index (χ0n) is 15.4. The molecule has 0 fully saturated rings. The molecule has 0 aliphatic rings. The summed E-state index contributed by atoms with van der Waals surface area (Å²) in [5, 5.41) is 4.35. The maximum Gasteiger partial charge on any atom is 0.331 e. The maximum atomic E-state index is 11.7. The summed E-state index contributed by atoms with van der Waals surface area (Å²) >= 11 is 0. The number of benzene rings is 1. The number of carbonyl (C=O) groups is 3. The Hall–Kier alpha value is -3.49. The maximum absolute atomic E-state index is 11.7. The molecule has 3 amide bonds. The van der Waals surface area contributed by atoms with Crippen LogP contribution in [0.1, 0.15) is 5.56 Å². The smallest absolute Gasteiger partial charge is 0.331 e. The van der Waals surface area contributed by atoms with E-state index in [0.29, 0.717) is 22.8 Å². The molecule has 0 aliphatic heterocycles. The molecule has 0 aliphatic carbocycles. The highest BCUT2D eigenvalue weighted by Gasteiger charge is 2.13. The van der Waals surface area contributed by atoms with Crippen molar-refractivity contribution in [3.05, 3.63) is 36.4 Å². The van der Waals surface area contributed by atoms with E-state index < -0.39 is 24.5 Å². The van der Waals surface area contributed by atoms with Crippen molar-refractivity contribution in [1.82, 2.24) is 10.6 Å². The lowest BCUT2D eigenvalue weighted by Crippen LogP contribution is -2.41. The third-order valence-corrected chi connectivity index (χ3v) is 3.10. The van der Waals surface area contributed by atoms with Crippen LogP contribution in [0.15, 0.2) is 30.9 Å². The van der Waals surface area contributed by atoms with Gasteiger partial charge in [-0.1, -0.05) is 6.08 Å². The first-order valence-corrected chi connectivity index (χ1v) is 7.78. The highest BCUT2D eigenvalue weighted by molar-refractivity contribution is 5.96. The first-order valence-electron chi connectivity index (χ1n) is 7.78. The lowest BCUT2D eigenvalue weighted by atomic mass is 10.1. The van der Waals surface area contributed by atoms with Gasteiger partial charge in [-0.15, -0.1) is 6.58 Å². The van der Waals surface area contributed by atoms with Crippen molar-refractivity contribution in [2.24, 2.45) is 0 Å². The summed E-state index contributed by atoms with van der Waals surface area (Å²) in [6, 6.07) is 2.58. The Labute approximate surface area is 156 Å². The molecular formula is C18H22N2O7. The van der Waals surface area contributed by atoms with Crippen molar-refractivity contribution in [2.75, 3.05) is 34.5 Å². The molecule has 1 rings (SSSR count). The van der Waals surface area contributed by atoms with Crippen LogP contribution in [0.2, 0.25) is 0 Å². The molecule has 9 heteroatoms. The van der Waals surface area contributed by atoms with Crippen molar-refractivity contribution in [3.63, 3.8) is 0 Å². The summed E-state index contributed by atoms with van der Waals surface area (Å²) in [5.41, 5.74) is 0.592. The predicted octanol–water partition coefficient (Wildman–Crippen LogP) is 1.28. The summed E-state index contributed by atoms with van der Waals surface area (Å²) < 4.78 is 20.4. The van der Waals surface area contributed by atoms with Crippen molar-refractivity contribution in [3.8, 4) is 17.2 Å². The molecule has 2 N–H and O–H groups in total. The number of imide groups is 1. The third kappa shape index (κ3) is 7.10. The quantitative estimate of drug-likeness (QED) is 0.378. The Bertz CT molecular complexity index is 703. The zero-order valence-corrected chi connectivity index (χ0v) is 15.4. The van der Waals surface area contributed by atoms with Crippen molar-refractivity contribution in [2.45, 2.75) is 0 Å². The van der Waals surface area contributed by atoms with E-state index in [2.05, 4.69) is 11.9 Å². The van der Waals surface area contributed by atoms with Gasteiger partial charge in [0.2, 0.25) is 5.75 Å². The second-order valence-electron chi connectivity index (χ2n) is 4.95. The van der Waals surface area contributed by atoms with Gasteiger partial charge >= 0.3 is 12.0 Å². The van der Waals surface area contributed by atoms with Gasteiger partial charge in [-0.25, -0.2) is 9.59 Å². The lowest BCUT2D eigenvalue weighted by Gasteiger charge is -2.12. The van der Waals surface area contributed by atoms with Crippen molar-refractivity contribution in [1.29, 1.82) is 0 Å². The van der Waals surface area contributed by atoms with Crippen molar-refractivity contribution >= 4 is 24.0 Å². The fraction of sp³-hybridized carbons (Fsp3) is 0.278. The van der Waals surface area contributed by atoms with E-state index >= 15 is 0 Å². The van der Waals surface area contributed by atoms with Gasteiger partial charge < -0.3 is 24.3 Å². The molecule has 0 saturated heterocycles. The van der Waals surface area contributed by atoms with Gasteiger partial charge in [0.05, 0.1) is 21.3 Å². The van der Waals surface area contributed by atoms with E-state index in [0.717, 1.165) is 6.08 Å². The van der Waals surface area contributed by atoms with Crippen LogP contribution in [0.25, 0.3) is 6.08 Å². The lowest BCUT2D eigenvalue weighted by molar-refractivity contribution is -0.143. The molecule has 0 atom stereocenters. The van der Waals surface area contributed by atoms with E-state index in [1.54, 1.807) is 12.1 Å². The number of nitrogens with one attached hydrogen (secondary N) is 2. The number of methoxy groups -OCH3 is 3. The van der Waals surface area contributed by atoms with Crippen LogP contribution in [0, 0.1) is 0 Å². The molecule has 0 aromatic heterocycles. The molecule has 0 radical (unpaired) electrons. The van der Waals surface area contributed by atoms with Crippen LogP contribution < -0.4 is 24.8 Å². The Morgan fingerprint density at radius 1 is 1.07 bits per heavy atom. The molecule has 27 heavy (non-hydrogen) atoms. The second kappa shape index (κ2) is 11.2. The first kappa shape index (κ1) is 21.6. The van der Waals surface area contributed by atoms with Crippen LogP contribution in [-0.4, -0.2) is 52.4 Å². The molecule has 0 spiro atoms. The predicted molar refractivity (Wildman–Crippen MR) is 97.8 cm³/mol. The standard InChI is InChI=1S/C18H22N2O7/c1-5-8-19-18(23)20-15(21)11-27-16(22)7-6-12-9-13(24-2)17(26-4)14(10-12)25-3/h5-7,9-10H,1,8,11H2,2-4H3,(H2,19,20,21,23)/b7-6+. The Balaban J connectivity index is 2.64. The molecule has 0 saturated carbocycles. The number of ether oxygens (including phenoxy) is 4. The summed E-state index contributed by atoms with van der Waals surface area (Å²) in [7, 11) is 4.43. The number of esters is 1. The van der Waals surface area contributed by atoms with Crippen molar-refractivity contribution < 1.29 is 33.3 Å². The number of rotatable bonds is 9. The van der Waals surface area contributed by atoms with E-state index in [4.69, 9.17) is 18.9 Å². The summed E-state index contributed by atoms with van der Waals surface area (Å²) in [6.45, 7) is 3.03. The third-order valence-electron chi connectivity index (χ3n) is 3.10. The van der Waals surface area contributed by atoms with Gasteiger partial charge in [-0.05, 0) is 23.8 Å². The minimum Gasteiger partial charge on any atom is -0.493 e. The molecule has 1 aromatic carbocycles. The Morgan fingerprint density at radius 2 is 1.70 bits per heavy atom. The summed E-state index contributed by atoms with van der Waals surface area (Å²) in [5.74, 6) is -0.243. The number of carbonyl (C=O) groups excluding carboxylic acids is 3. The van der Waals surface area contributed by atoms with Gasteiger partial charge in [-0.3, -0.25) is 10.1 Å². The van der Waals surface area contributed by atoms with E-state index in [1.807, 2.05) is 5.32 Å².